The summed E-state index contributed by atoms with van der Waals surface area (Å²) in [6, 6.07) is 1.95. The Kier molecular flexibility index (Phi) is 1.61. The topological polar surface area (TPSA) is 52.9 Å². The molecule has 4 atom stereocenters. The van der Waals surface area contributed by atoms with Crippen LogP contribution in [0.15, 0.2) is 0 Å². The van der Waals surface area contributed by atoms with Gasteiger partial charge in [0.05, 0.1) is 6.07 Å². The predicted octanol–water partition coefficient (Wildman–Crippen LogP) is 0.918. The molecule has 3 saturated carbocycles. The fraction of sp³-hybridized carbons (Fsp3) is 0.818. The van der Waals surface area contributed by atoms with E-state index in [0.29, 0.717) is 11.8 Å². The molecule has 0 aromatic rings. The minimum absolute atomic E-state index is 0.137. The van der Waals surface area contributed by atoms with Crippen LogP contribution in [0.25, 0.3) is 0 Å². The Morgan fingerprint density at radius 1 is 1.36 bits per heavy atom. The van der Waals surface area contributed by atoms with Gasteiger partial charge in [-0.05, 0) is 42.9 Å². The SMILES string of the molecule is N#CCNC(=O)C1C2C3CCC(C3)C12. The van der Waals surface area contributed by atoms with Crippen LogP contribution in [0.5, 0.6) is 0 Å². The number of amides is 1. The maximum absolute atomic E-state index is 11.6. The molecular weight excluding hydrogens is 176 g/mol. The molecule has 0 saturated heterocycles. The van der Waals surface area contributed by atoms with Crippen LogP contribution >= 0.6 is 0 Å². The second-order valence-electron chi connectivity index (χ2n) is 4.89. The van der Waals surface area contributed by atoms with Gasteiger partial charge in [0.25, 0.3) is 0 Å². The quantitative estimate of drug-likeness (QED) is 0.658. The van der Waals surface area contributed by atoms with Gasteiger partial charge in [-0.2, -0.15) is 5.26 Å². The monoisotopic (exact) mass is 190 g/mol. The van der Waals surface area contributed by atoms with E-state index in [1.807, 2.05) is 6.07 Å². The summed E-state index contributed by atoms with van der Waals surface area (Å²) in [6.45, 7) is 0.171. The van der Waals surface area contributed by atoms with Crippen LogP contribution in [0.2, 0.25) is 0 Å². The van der Waals surface area contributed by atoms with Crippen LogP contribution in [-0.4, -0.2) is 12.5 Å². The Morgan fingerprint density at radius 2 is 2.00 bits per heavy atom. The number of nitriles is 1. The number of nitrogens with one attached hydrogen (secondary N) is 1. The number of fused-ring (bicyclic) bond motifs is 5. The van der Waals surface area contributed by atoms with Gasteiger partial charge >= 0.3 is 0 Å². The number of carbonyl (C=O) groups excluding carboxylic acids is 1. The van der Waals surface area contributed by atoms with Crippen LogP contribution in [0.1, 0.15) is 19.3 Å². The molecule has 3 rings (SSSR count). The highest BCUT2D eigenvalue weighted by molar-refractivity contribution is 5.82. The number of carbonyl (C=O) groups is 1. The number of hydrogen-bond donors (Lipinski definition) is 1. The fourth-order valence-electron chi connectivity index (χ4n) is 3.92. The summed E-state index contributed by atoms with van der Waals surface area (Å²) in [4.78, 5) is 11.6. The lowest BCUT2D eigenvalue weighted by Crippen LogP contribution is -2.27. The first-order chi connectivity index (χ1) is 6.83. The largest absolute Gasteiger partial charge is 0.343 e. The van der Waals surface area contributed by atoms with Crippen molar-refractivity contribution in [2.75, 3.05) is 6.54 Å². The summed E-state index contributed by atoms with van der Waals surface area (Å²) in [7, 11) is 0. The van der Waals surface area contributed by atoms with Crippen molar-refractivity contribution in [1.29, 1.82) is 5.26 Å². The van der Waals surface area contributed by atoms with Crippen molar-refractivity contribution in [2.24, 2.45) is 29.6 Å². The molecule has 0 radical (unpaired) electrons. The van der Waals surface area contributed by atoms with Gasteiger partial charge in [0.1, 0.15) is 6.54 Å². The summed E-state index contributed by atoms with van der Waals surface area (Å²) in [5.41, 5.74) is 0. The third-order valence-corrected chi connectivity index (χ3v) is 4.38. The fourth-order valence-corrected chi connectivity index (χ4v) is 3.92. The molecular formula is C11H14N2O. The van der Waals surface area contributed by atoms with Crippen molar-refractivity contribution in [3.63, 3.8) is 0 Å². The van der Waals surface area contributed by atoms with Gasteiger partial charge in [-0.15, -0.1) is 0 Å². The van der Waals surface area contributed by atoms with Crippen molar-refractivity contribution in [1.82, 2.24) is 5.32 Å². The van der Waals surface area contributed by atoms with E-state index in [-0.39, 0.29) is 18.4 Å². The van der Waals surface area contributed by atoms with E-state index >= 15 is 0 Å². The number of nitrogens with zero attached hydrogens (tertiary/aromatic N) is 1. The molecule has 2 bridgehead atoms. The second kappa shape index (κ2) is 2.73. The highest BCUT2D eigenvalue weighted by Crippen LogP contribution is 2.69. The molecule has 4 unspecified atom stereocenters. The maximum Gasteiger partial charge on any atom is 0.224 e. The lowest BCUT2D eigenvalue weighted by atomic mass is 10.0. The Labute approximate surface area is 83.5 Å². The summed E-state index contributed by atoms with van der Waals surface area (Å²) in [5.74, 6) is 3.46. The minimum Gasteiger partial charge on any atom is -0.343 e. The summed E-state index contributed by atoms with van der Waals surface area (Å²) in [5, 5.41) is 11.1. The standard InChI is InChI=1S/C11H14N2O/c12-3-4-13-11(14)10-8-6-1-2-7(5-6)9(8)10/h6-10H,1-2,4-5H2,(H,13,14). The molecule has 0 heterocycles. The molecule has 74 valence electrons. The third kappa shape index (κ3) is 0.943. The van der Waals surface area contributed by atoms with E-state index in [1.54, 1.807) is 0 Å². The van der Waals surface area contributed by atoms with Crippen LogP contribution in [-0.2, 0) is 4.79 Å². The van der Waals surface area contributed by atoms with E-state index in [0.717, 1.165) is 11.8 Å². The van der Waals surface area contributed by atoms with Crippen molar-refractivity contribution in [3.8, 4) is 6.07 Å². The van der Waals surface area contributed by atoms with Gasteiger partial charge in [0.15, 0.2) is 0 Å². The third-order valence-electron chi connectivity index (χ3n) is 4.38. The molecule has 3 heteroatoms. The van der Waals surface area contributed by atoms with Gasteiger partial charge < -0.3 is 5.32 Å². The van der Waals surface area contributed by atoms with E-state index < -0.39 is 0 Å². The van der Waals surface area contributed by atoms with Gasteiger partial charge in [-0.3, -0.25) is 4.79 Å². The first-order valence-corrected chi connectivity index (χ1v) is 5.47. The lowest BCUT2D eigenvalue weighted by molar-refractivity contribution is -0.123. The molecule has 1 amide bonds. The van der Waals surface area contributed by atoms with Crippen LogP contribution < -0.4 is 5.32 Å². The normalized spacial score (nSPS) is 46.9. The van der Waals surface area contributed by atoms with Gasteiger partial charge in [0, 0.05) is 5.92 Å². The Balaban J connectivity index is 1.63. The van der Waals surface area contributed by atoms with E-state index in [4.69, 9.17) is 5.26 Å². The molecule has 3 fully saturated rings. The average Bonchev–Trinajstić information content (AvgIpc) is 2.64. The van der Waals surface area contributed by atoms with E-state index in [9.17, 15) is 4.79 Å². The van der Waals surface area contributed by atoms with Crippen molar-refractivity contribution >= 4 is 5.91 Å². The number of hydrogen-bond acceptors (Lipinski definition) is 2. The van der Waals surface area contributed by atoms with Gasteiger partial charge in [-0.1, -0.05) is 0 Å². The van der Waals surface area contributed by atoms with Crippen LogP contribution in [0, 0.1) is 40.9 Å². The highest BCUT2D eigenvalue weighted by Gasteiger charge is 2.67. The van der Waals surface area contributed by atoms with Crippen molar-refractivity contribution < 1.29 is 4.79 Å². The molecule has 3 nitrogen and oxygen atoms in total. The first kappa shape index (κ1) is 8.28. The molecule has 0 aliphatic heterocycles. The zero-order chi connectivity index (χ0) is 9.71. The Morgan fingerprint density at radius 3 is 2.57 bits per heavy atom. The Bertz CT molecular complexity index is 304. The molecule has 0 spiro atoms. The molecule has 3 aliphatic rings. The predicted molar refractivity (Wildman–Crippen MR) is 49.9 cm³/mol. The maximum atomic E-state index is 11.6. The van der Waals surface area contributed by atoms with Crippen LogP contribution in [0.3, 0.4) is 0 Å². The summed E-state index contributed by atoms with van der Waals surface area (Å²) in [6.07, 6.45) is 4.05. The van der Waals surface area contributed by atoms with Crippen molar-refractivity contribution in [2.45, 2.75) is 19.3 Å². The molecule has 14 heavy (non-hydrogen) atoms. The van der Waals surface area contributed by atoms with E-state index in [1.165, 1.54) is 19.3 Å². The smallest absolute Gasteiger partial charge is 0.224 e. The molecule has 0 aromatic heterocycles. The van der Waals surface area contributed by atoms with Crippen molar-refractivity contribution in [3.05, 3.63) is 0 Å². The number of rotatable bonds is 2. The zero-order valence-corrected chi connectivity index (χ0v) is 8.07. The molecule has 0 aromatic carbocycles. The highest BCUT2D eigenvalue weighted by atomic mass is 16.2. The van der Waals surface area contributed by atoms with Crippen LogP contribution in [0.4, 0.5) is 0 Å². The zero-order valence-electron chi connectivity index (χ0n) is 8.07. The summed E-state index contributed by atoms with van der Waals surface area (Å²) < 4.78 is 0. The second-order valence-corrected chi connectivity index (χ2v) is 4.89. The minimum atomic E-state index is 0.137. The summed E-state index contributed by atoms with van der Waals surface area (Å²) >= 11 is 0. The Hall–Kier alpha value is -1.04. The lowest BCUT2D eigenvalue weighted by Gasteiger charge is -2.07. The van der Waals surface area contributed by atoms with Gasteiger partial charge in [-0.25, -0.2) is 0 Å². The molecule has 3 aliphatic carbocycles. The average molecular weight is 190 g/mol. The molecule has 1 N–H and O–H groups in total. The van der Waals surface area contributed by atoms with E-state index in [2.05, 4.69) is 5.32 Å². The first-order valence-electron chi connectivity index (χ1n) is 5.47. The van der Waals surface area contributed by atoms with Gasteiger partial charge in [0.2, 0.25) is 5.91 Å².